The molecule has 0 saturated heterocycles. The van der Waals surface area contributed by atoms with Gasteiger partial charge in [-0.05, 0) is 46.7 Å². The summed E-state index contributed by atoms with van der Waals surface area (Å²) < 4.78 is 34.4. The maximum Gasteiger partial charge on any atom is 0.238 e. The van der Waals surface area contributed by atoms with Gasteiger partial charge >= 0.3 is 0 Å². The fourth-order valence-electron chi connectivity index (χ4n) is 5.33. The standard InChI is InChI=1S/C35H35N3O5S/c1-24(29-18-10-15-26-13-6-8-16-30(26)29)36-35(40)32(38-44(41,42)23-25-11-4-3-5-12-25)19-20-34(39)37-28-21-27-14-7-9-17-31(27)33(22-28)43-2/h3-18,21-22,24,32,38H,19-20,23H2,1-2H3,(H,36,40)(H,37,39). The van der Waals surface area contributed by atoms with Crippen molar-refractivity contribution >= 4 is 49.1 Å². The normalized spacial score (nSPS) is 12.9. The summed E-state index contributed by atoms with van der Waals surface area (Å²) in [7, 11) is -2.35. The summed E-state index contributed by atoms with van der Waals surface area (Å²) in [6.45, 7) is 1.86. The second-order valence-electron chi connectivity index (χ2n) is 10.7. The number of amides is 2. The third-order valence-electron chi connectivity index (χ3n) is 7.47. The Hall–Kier alpha value is -4.73. The van der Waals surface area contributed by atoms with Gasteiger partial charge < -0.3 is 15.4 Å². The number of hydrogen-bond donors (Lipinski definition) is 3. The number of rotatable bonds is 12. The summed E-state index contributed by atoms with van der Waals surface area (Å²) in [6.07, 6.45) is -0.137. The number of methoxy groups -OCH3 is 1. The number of nitrogens with one attached hydrogen (secondary N) is 3. The Morgan fingerprint density at radius 3 is 2.20 bits per heavy atom. The van der Waals surface area contributed by atoms with Crippen LogP contribution < -0.4 is 20.1 Å². The molecule has 2 atom stereocenters. The van der Waals surface area contributed by atoms with E-state index in [1.54, 1.807) is 43.5 Å². The van der Waals surface area contributed by atoms with E-state index in [0.29, 0.717) is 17.0 Å². The molecular weight excluding hydrogens is 574 g/mol. The van der Waals surface area contributed by atoms with Crippen molar-refractivity contribution in [2.75, 3.05) is 12.4 Å². The van der Waals surface area contributed by atoms with E-state index in [2.05, 4.69) is 15.4 Å². The minimum atomic E-state index is -3.91. The third kappa shape index (κ3) is 7.61. The average Bonchev–Trinajstić information content (AvgIpc) is 3.02. The van der Waals surface area contributed by atoms with Crippen LogP contribution >= 0.6 is 0 Å². The van der Waals surface area contributed by atoms with Gasteiger partial charge in [-0.3, -0.25) is 9.59 Å². The molecule has 0 aliphatic carbocycles. The molecule has 9 heteroatoms. The Labute approximate surface area is 257 Å². The van der Waals surface area contributed by atoms with Crippen LogP contribution in [-0.4, -0.2) is 33.4 Å². The molecule has 0 aliphatic rings. The summed E-state index contributed by atoms with van der Waals surface area (Å²) in [4.78, 5) is 26.7. The molecule has 0 saturated carbocycles. The van der Waals surface area contributed by atoms with Gasteiger partial charge in [0, 0.05) is 23.6 Å². The Morgan fingerprint density at radius 2 is 1.45 bits per heavy atom. The quantitative estimate of drug-likeness (QED) is 0.159. The van der Waals surface area contributed by atoms with Gasteiger partial charge in [0.05, 0.1) is 18.9 Å². The van der Waals surface area contributed by atoms with Crippen molar-refractivity contribution in [3.8, 4) is 5.75 Å². The first-order chi connectivity index (χ1) is 21.2. The smallest absolute Gasteiger partial charge is 0.238 e. The number of fused-ring (bicyclic) bond motifs is 2. The Balaban J connectivity index is 1.32. The van der Waals surface area contributed by atoms with Crippen molar-refractivity contribution in [3.63, 3.8) is 0 Å². The van der Waals surface area contributed by atoms with Gasteiger partial charge in [-0.25, -0.2) is 13.1 Å². The van der Waals surface area contributed by atoms with Gasteiger partial charge in [0.25, 0.3) is 0 Å². The second-order valence-corrected chi connectivity index (χ2v) is 12.5. The van der Waals surface area contributed by atoms with Gasteiger partial charge in [0.1, 0.15) is 11.8 Å². The molecule has 8 nitrogen and oxygen atoms in total. The van der Waals surface area contributed by atoms with Crippen LogP contribution in [0.5, 0.6) is 5.75 Å². The lowest BCUT2D eigenvalue weighted by Crippen LogP contribution is -2.47. The summed E-state index contributed by atoms with van der Waals surface area (Å²) in [5.74, 6) is -0.543. The lowest BCUT2D eigenvalue weighted by Gasteiger charge is -2.22. The summed E-state index contributed by atoms with van der Waals surface area (Å²) in [6, 6.07) is 32.1. The van der Waals surface area contributed by atoms with Gasteiger partial charge in [-0.1, -0.05) is 97.1 Å². The fourth-order valence-corrected chi connectivity index (χ4v) is 6.70. The minimum absolute atomic E-state index is 0.0430. The minimum Gasteiger partial charge on any atom is -0.496 e. The molecule has 0 bridgehead atoms. The number of anilines is 1. The lowest BCUT2D eigenvalue weighted by molar-refractivity contribution is -0.123. The highest BCUT2D eigenvalue weighted by Crippen LogP contribution is 2.30. The molecule has 3 N–H and O–H groups in total. The zero-order chi connectivity index (χ0) is 31.1. The predicted octanol–water partition coefficient (Wildman–Crippen LogP) is 6.09. The van der Waals surface area contributed by atoms with Crippen molar-refractivity contribution in [1.29, 1.82) is 0 Å². The number of carbonyl (C=O) groups excluding carboxylic acids is 2. The maximum absolute atomic E-state index is 13.6. The van der Waals surface area contributed by atoms with Crippen LogP contribution in [0.3, 0.4) is 0 Å². The molecular formula is C35H35N3O5S. The SMILES string of the molecule is COc1cc(NC(=O)CCC(NS(=O)(=O)Cc2ccccc2)C(=O)NC(C)c2cccc3ccccc23)cc2ccccc12. The van der Waals surface area contributed by atoms with Gasteiger partial charge in [-0.2, -0.15) is 0 Å². The number of sulfonamides is 1. The van der Waals surface area contributed by atoms with Crippen molar-refractivity contribution in [2.24, 2.45) is 0 Å². The summed E-state index contributed by atoms with van der Waals surface area (Å²) >= 11 is 0. The van der Waals surface area contributed by atoms with E-state index >= 15 is 0 Å². The Morgan fingerprint density at radius 1 is 0.795 bits per heavy atom. The van der Waals surface area contributed by atoms with E-state index in [9.17, 15) is 18.0 Å². The van der Waals surface area contributed by atoms with Crippen molar-refractivity contribution in [3.05, 3.63) is 120 Å². The summed E-state index contributed by atoms with van der Waals surface area (Å²) in [5.41, 5.74) is 2.04. The van der Waals surface area contributed by atoms with Crippen LogP contribution in [-0.2, 0) is 25.4 Å². The number of benzene rings is 5. The molecule has 5 rings (SSSR count). The van der Waals surface area contributed by atoms with Crippen molar-refractivity contribution in [2.45, 2.75) is 37.6 Å². The topological polar surface area (TPSA) is 114 Å². The molecule has 0 spiro atoms. The molecule has 0 aliphatic heterocycles. The highest BCUT2D eigenvalue weighted by molar-refractivity contribution is 7.88. The monoisotopic (exact) mass is 609 g/mol. The first-order valence-corrected chi connectivity index (χ1v) is 16.1. The predicted molar refractivity (Wildman–Crippen MR) is 175 cm³/mol. The highest BCUT2D eigenvalue weighted by Gasteiger charge is 2.27. The van der Waals surface area contributed by atoms with Crippen LogP contribution in [0.1, 0.15) is 36.9 Å². The van der Waals surface area contributed by atoms with Crippen LogP contribution in [0.2, 0.25) is 0 Å². The van der Waals surface area contributed by atoms with Crippen molar-refractivity contribution < 1.29 is 22.7 Å². The largest absolute Gasteiger partial charge is 0.496 e. The van der Waals surface area contributed by atoms with Gasteiger partial charge in [0.15, 0.2) is 0 Å². The van der Waals surface area contributed by atoms with Crippen LogP contribution in [0.4, 0.5) is 5.69 Å². The molecule has 44 heavy (non-hydrogen) atoms. The Kier molecular flexibility index (Phi) is 9.57. The van der Waals surface area contributed by atoms with Crippen LogP contribution in [0.15, 0.2) is 109 Å². The number of carbonyl (C=O) groups is 2. The molecule has 5 aromatic carbocycles. The van der Waals surface area contributed by atoms with Crippen molar-refractivity contribution in [1.82, 2.24) is 10.0 Å². The molecule has 0 heterocycles. The first-order valence-electron chi connectivity index (χ1n) is 14.4. The molecule has 2 unspecified atom stereocenters. The van der Waals surface area contributed by atoms with E-state index in [1.807, 2.05) is 79.7 Å². The summed E-state index contributed by atoms with van der Waals surface area (Å²) in [5, 5.41) is 9.68. The maximum atomic E-state index is 13.6. The molecule has 0 fully saturated rings. The lowest BCUT2D eigenvalue weighted by atomic mass is 9.99. The van der Waals surface area contributed by atoms with E-state index < -0.39 is 28.0 Å². The zero-order valence-corrected chi connectivity index (χ0v) is 25.4. The van der Waals surface area contributed by atoms with E-state index in [1.165, 1.54) is 0 Å². The van der Waals surface area contributed by atoms with Gasteiger partial charge in [-0.15, -0.1) is 0 Å². The molecule has 0 aromatic heterocycles. The number of ether oxygens (including phenoxy) is 1. The highest BCUT2D eigenvalue weighted by atomic mass is 32.2. The Bertz CT molecular complexity index is 1890. The molecule has 2 amide bonds. The van der Waals surface area contributed by atoms with Crippen LogP contribution in [0.25, 0.3) is 21.5 Å². The van der Waals surface area contributed by atoms with E-state index in [0.717, 1.165) is 27.1 Å². The zero-order valence-electron chi connectivity index (χ0n) is 24.6. The van der Waals surface area contributed by atoms with E-state index in [-0.39, 0.29) is 24.5 Å². The number of hydrogen-bond acceptors (Lipinski definition) is 5. The second kappa shape index (κ2) is 13.7. The van der Waals surface area contributed by atoms with Gasteiger partial charge in [0.2, 0.25) is 21.8 Å². The first kappa shape index (κ1) is 30.7. The van der Waals surface area contributed by atoms with Crippen LogP contribution in [0, 0.1) is 0 Å². The molecule has 226 valence electrons. The third-order valence-corrected chi connectivity index (χ3v) is 8.83. The van der Waals surface area contributed by atoms with E-state index in [4.69, 9.17) is 4.74 Å². The fraction of sp³-hybridized carbons (Fsp3) is 0.200. The molecule has 5 aromatic rings. The average molecular weight is 610 g/mol. The molecule has 0 radical (unpaired) electrons.